The number of rotatable bonds is 4. The van der Waals surface area contributed by atoms with Crippen molar-refractivity contribution in [1.29, 1.82) is 0 Å². The second-order valence-electron chi connectivity index (χ2n) is 7.33. The van der Waals surface area contributed by atoms with Gasteiger partial charge >= 0.3 is 11.2 Å². The lowest BCUT2D eigenvalue weighted by molar-refractivity contribution is -0.0328. The molecule has 4 aromatic rings. The molecule has 4 rings (SSSR count). The fourth-order valence-electron chi connectivity index (χ4n) is 3.73. The van der Waals surface area contributed by atoms with Gasteiger partial charge in [0.05, 0.1) is 32.7 Å². The summed E-state index contributed by atoms with van der Waals surface area (Å²) in [6, 6.07) is 7.23. The molecule has 170 valence electrons. The van der Waals surface area contributed by atoms with E-state index in [1.165, 1.54) is 40.3 Å². The van der Waals surface area contributed by atoms with E-state index in [0.29, 0.717) is 22.1 Å². The minimum absolute atomic E-state index is 0.0111. The van der Waals surface area contributed by atoms with Crippen LogP contribution < -0.4 is 5.69 Å². The van der Waals surface area contributed by atoms with Gasteiger partial charge in [-0.15, -0.1) is 0 Å². The standard InChI is InChI=1S/C20H19F3N4O3S2/c1-5-32(29,30)17-10-16-15(26(3)19(28)27(16)4)9-12(17)18-24-13-8-11(31-20(21,22)23)6-7-14(13)25(18)2/h6-10H,5H2,1-4H3. The van der Waals surface area contributed by atoms with Crippen LogP contribution in [0.3, 0.4) is 0 Å². The summed E-state index contributed by atoms with van der Waals surface area (Å²) in [5.41, 5.74) is -2.64. The smallest absolute Gasteiger partial charge is 0.327 e. The number of alkyl halides is 3. The van der Waals surface area contributed by atoms with Crippen molar-refractivity contribution >= 4 is 43.7 Å². The third-order valence-electron chi connectivity index (χ3n) is 5.42. The van der Waals surface area contributed by atoms with Gasteiger partial charge in [0.15, 0.2) is 9.84 Å². The average molecular weight is 485 g/mol. The van der Waals surface area contributed by atoms with Crippen LogP contribution in [-0.2, 0) is 31.0 Å². The predicted molar refractivity (Wildman–Crippen MR) is 118 cm³/mol. The van der Waals surface area contributed by atoms with E-state index >= 15 is 0 Å². The summed E-state index contributed by atoms with van der Waals surface area (Å²) in [4.78, 5) is 16.9. The average Bonchev–Trinajstić information content (AvgIpc) is 3.15. The number of fused-ring (bicyclic) bond motifs is 2. The number of benzene rings is 2. The molecule has 0 aliphatic rings. The Morgan fingerprint density at radius 2 is 1.59 bits per heavy atom. The monoisotopic (exact) mass is 484 g/mol. The zero-order valence-corrected chi connectivity index (χ0v) is 19.2. The van der Waals surface area contributed by atoms with Crippen LogP contribution in [0, 0.1) is 0 Å². The van der Waals surface area contributed by atoms with Crippen molar-refractivity contribution in [3.05, 3.63) is 40.8 Å². The van der Waals surface area contributed by atoms with Gasteiger partial charge in [-0.2, -0.15) is 13.2 Å². The summed E-state index contributed by atoms with van der Waals surface area (Å²) >= 11 is -0.240. The molecular formula is C20H19F3N4O3S2. The Hall–Kier alpha value is -2.73. The van der Waals surface area contributed by atoms with Crippen molar-refractivity contribution in [2.45, 2.75) is 22.2 Å². The molecule has 0 radical (unpaired) electrons. The lowest BCUT2D eigenvalue weighted by Crippen LogP contribution is -2.19. The first-order chi connectivity index (χ1) is 14.8. The van der Waals surface area contributed by atoms with Crippen LogP contribution in [0.2, 0.25) is 0 Å². The zero-order chi connectivity index (χ0) is 23.6. The molecule has 0 N–H and O–H groups in total. The van der Waals surface area contributed by atoms with Gasteiger partial charge in [-0.1, -0.05) is 6.92 Å². The first kappa shape index (κ1) is 22.5. The third kappa shape index (κ3) is 3.60. The van der Waals surface area contributed by atoms with Crippen molar-refractivity contribution in [2.75, 3.05) is 5.75 Å². The molecule has 0 fully saturated rings. The van der Waals surface area contributed by atoms with Crippen LogP contribution in [0.4, 0.5) is 13.2 Å². The number of hydrogen-bond donors (Lipinski definition) is 0. The van der Waals surface area contributed by atoms with Gasteiger partial charge in [-0.3, -0.25) is 9.13 Å². The molecule has 32 heavy (non-hydrogen) atoms. The number of hydrogen-bond acceptors (Lipinski definition) is 5. The molecule has 0 bridgehead atoms. The number of thioether (sulfide) groups is 1. The second kappa shape index (κ2) is 7.41. The van der Waals surface area contributed by atoms with Crippen LogP contribution in [0.15, 0.2) is 44.9 Å². The van der Waals surface area contributed by atoms with E-state index in [1.807, 2.05) is 0 Å². The van der Waals surface area contributed by atoms with Crippen LogP contribution in [0.25, 0.3) is 33.5 Å². The summed E-state index contributed by atoms with van der Waals surface area (Å²) in [6.07, 6.45) is 0. The molecule has 0 aliphatic carbocycles. The van der Waals surface area contributed by atoms with E-state index in [2.05, 4.69) is 4.98 Å². The van der Waals surface area contributed by atoms with Gasteiger partial charge in [0.1, 0.15) is 5.82 Å². The molecule has 0 amide bonds. The summed E-state index contributed by atoms with van der Waals surface area (Å²) in [7, 11) is 1.10. The molecule has 0 saturated carbocycles. The molecule has 2 aromatic heterocycles. The molecule has 0 aliphatic heterocycles. The molecule has 7 nitrogen and oxygen atoms in total. The van der Waals surface area contributed by atoms with Crippen LogP contribution >= 0.6 is 11.8 Å². The van der Waals surface area contributed by atoms with Crippen molar-refractivity contribution < 1.29 is 21.6 Å². The van der Waals surface area contributed by atoms with Gasteiger partial charge in [0.25, 0.3) is 0 Å². The SMILES string of the molecule is CCS(=O)(=O)c1cc2c(cc1-c1nc3cc(SC(F)(F)F)ccc3n1C)n(C)c(=O)n2C. The molecule has 0 unspecified atom stereocenters. The lowest BCUT2D eigenvalue weighted by atomic mass is 10.2. The molecule has 12 heteroatoms. The highest BCUT2D eigenvalue weighted by molar-refractivity contribution is 8.00. The summed E-state index contributed by atoms with van der Waals surface area (Å²) in [5.74, 6) is 0.113. The molecule has 2 heterocycles. The Labute approximate surface area is 185 Å². The van der Waals surface area contributed by atoms with E-state index in [1.54, 1.807) is 31.8 Å². The highest BCUT2D eigenvalue weighted by Crippen LogP contribution is 2.39. The van der Waals surface area contributed by atoms with Crippen molar-refractivity contribution in [1.82, 2.24) is 18.7 Å². The Balaban J connectivity index is 2.03. The Morgan fingerprint density at radius 3 is 2.19 bits per heavy atom. The van der Waals surface area contributed by atoms with Crippen LogP contribution in [0.1, 0.15) is 6.92 Å². The van der Waals surface area contributed by atoms with E-state index in [9.17, 15) is 26.4 Å². The van der Waals surface area contributed by atoms with Gasteiger partial charge < -0.3 is 4.57 Å². The van der Waals surface area contributed by atoms with Gasteiger partial charge in [0.2, 0.25) is 0 Å². The van der Waals surface area contributed by atoms with Gasteiger partial charge in [0, 0.05) is 31.6 Å². The molecule has 0 spiro atoms. The van der Waals surface area contributed by atoms with E-state index < -0.39 is 15.3 Å². The zero-order valence-electron chi connectivity index (χ0n) is 17.6. The minimum Gasteiger partial charge on any atom is -0.327 e. The normalized spacial score (nSPS) is 12.8. The highest BCUT2D eigenvalue weighted by Gasteiger charge is 2.30. The molecule has 0 saturated heterocycles. The number of sulfone groups is 1. The molecular weight excluding hydrogens is 465 g/mol. The summed E-state index contributed by atoms with van der Waals surface area (Å²) in [5, 5.41) is 0. The van der Waals surface area contributed by atoms with E-state index in [4.69, 9.17) is 0 Å². The maximum Gasteiger partial charge on any atom is 0.446 e. The first-order valence-electron chi connectivity index (χ1n) is 9.49. The third-order valence-corrected chi connectivity index (χ3v) is 7.90. The molecule has 2 aromatic carbocycles. The molecule has 0 atom stereocenters. The van der Waals surface area contributed by atoms with Gasteiger partial charge in [-0.05, 0) is 42.1 Å². The topological polar surface area (TPSA) is 78.9 Å². The van der Waals surface area contributed by atoms with Crippen LogP contribution in [0.5, 0.6) is 0 Å². The number of imidazole rings is 2. The Kier molecular flexibility index (Phi) is 5.20. The number of aryl methyl sites for hydroxylation is 3. The van der Waals surface area contributed by atoms with E-state index in [-0.39, 0.29) is 44.4 Å². The van der Waals surface area contributed by atoms with Crippen LogP contribution in [-0.4, -0.2) is 38.4 Å². The Bertz CT molecular complexity index is 1550. The fraction of sp³-hybridized carbons (Fsp3) is 0.300. The van der Waals surface area contributed by atoms with E-state index in [0.717, 1.165) is 0 Å². The Morgan fingerprint density at radius 1 is 0.969 bits per heavy atom. The lowest BCUT2D eigenvalue weighted by Gasteiger charge is -2.11. The summed E-state index contributed by atoms with van der Waals surface area (Å²) in [6.45, 7) is 1.52. The van der Waals surface area contributed by atoms with Gasteiger partial charge in [-0.25, -0.2) is 18.2 Å². The van der Waals surface area contributed by atoms with Crippen molar-refractivity contribution in [2.24, 2.45) is 21.1 Å². The predicted octanol–water partition coefficient (Wildman–Crippen LogP) is 3.84. The minimum atomic E-state index is -4.43. The number of halogens is 3. The second-order valence-corrected chi connectivity index (χ2v) is 10.7. The number of nitrogens with zero attached hydrogens (tertiary/aromatic N) is 4. The van der Waals surface area contributed by atoms with Crippen molar-refractivity contribution in [3.8, 4) is 11.4 Å². The fourth-order valence-corrected chi connectivity index (χ4v) is 5.39. The van der Waals surface area contributed by atoms with Crippen molar-refractivity contribution in [3.63, 3.8) is 0 Å². The summed E-state index contributed by atoms with van der Waals surface area (Å²) < 4.78 is 68.6. The first-order valence-corrected chi connectivity index (χ1v) is 12.0. The maximum absolute atomic E-state index is 12.9. The quantitative estimate of drug-likeness (QED) is 0.412. The maximum atomic E-state index is 12.9. The highest BCUT2D eigenvalue weighted by atomic mass is 32.2. The number of aromatic nitrogens is 4. The largest absolute Gasteiger partial charge is 0.446 e.